The van der Waals surface area contributed by atoms with Crippen LogP contribution in [0.5, 0.6) is 0 Å². The molecule has 2 aromatic heterocycles. The highest BCUT2D eigenvalue weighted by molar-refractivity contribution is 6.22. The number of nitrogens with zero attached hydrogens (tertiary/aromatic N) is 2. The molecule has 0 aliphatic heterocycles. The van der Waals surface area contributed by atoms with Crippen molar-refractivity contribution in [3.05, 3.63) is 60.8 Å². The number of hydrogen-bond donors (Lipinski definition) is 3. The van der Waals surface area contributed by atoms with E-state index in [2.05, 4.69) is 28.2 Å². The maximum Gasteiger partial charge on any atom is 0.142 e. The summed E-state index contributed by atoms with van der Waals surface area (Å²) in [7, 11) is 0. The normalized spacial score (nSPS) is 11.5. The Morgan fingerprint density at radius 3 is 2.16 bits per heavy atom. The first-order valence-electron chi connectivity index (χ1n) is 8.03. The predicted molar refractivity (Wildman–Crippen MR) is 103 cm³/mol. The number of H-pyrrole nitrogens is 1. The summed E-state index contributed by atoms with van der Waals surface area (Å²) < 4.78 is 0. The number of aromatic amines is 1. The summed E-state index contributed by atoms with van der Waals surface area (Å²) in [5, 5.41) is 3.17. The lowest BCUT2D eigenvalue weighted by molar-refractivity contribution is 1.34. The highest BCUT2D eigenvalue weighted by Crippen LogP contribution is 2.36. The minimum atomic E-state index is 0.603. The number of rotatable bonds is 1. The maximum absolute atomic E-state index is 6.15. The molecule has 5 rings (SSSR count). The lowest BCUT2D eigenvalue weighted by atomic mass is 10.0. The molecule has 0 amide bonds. The summed E-state index contributed by atoms with van der Waals surface area (Å²) in [4.78, 5) is 12.8. The van der Waals surface area contributed by atoms with Crippen molar-refractivity contribution in [3.8, 4) is 11.4 Å². The molecule has 2 heterocycles. The molecule has 5 nitrogen and oxygen atoms in total. The molecule has 0 saturated carbocycles. The Labute approximate surface area is 143 Å². The van der Waals surface area contributed by atoms with Crippen molar-refractivity contribution >= 4 is 44.1 Å². The van der Waals surface area contributed by atoms with Gasteiger partial charge in [0.2, 0.25) is 0 Å². The molecule has 0 saturated heterocycles. The number of pyridine rings is 1. The highest BCUT2D eigenvalue weighted by atomic mass is 14.9. The number of fused-ring (bicyclic) bond motifs is 6. The highest BCUT2D eigenvalue weighted by Gasteiger charge is 2.16. The molecular formula is C20H15N5. The van der Waals surface area contributed by atoms with Crippen molar-refractivity contribution in [1.29, 1.82) is 0 Å². The van der Waals surface area contributed by atoms with Crippen LogP contribution in [0.3, 0.4) is 0 Å². The summed E-state index contributed by atoms with van der Waals surface area (Å²) in [5.74, 6) is 0.673. The summed E-state index contributed by atoms with van der Waals surface area (Å²) in [6.07, 6.45) is 1.81. The number of aromatic nitrogens is 3. The standard InChI is InChI=1S/C20H15N5/c21-14-8-3-9-15(22)16(14)20-24-18-12-6-2-1-5-11(12)17-13(19(18)25-20)7-4-10-23-17/h1-10H,21-22H2,(H,24,25). The van der Waals surface area contributed by atoms with Gasteiger partial charge in [-0.15, -0.1) is 0 Å². The zero-order valence-corrected chi connectivity index (χ0v) is 13.3. The van der Waals surface area contributed by atoms with E-state index >= 15 is 0 Å². The Bertz CT molecular complexity index is 1180. The Balaban J connectivity index is 1.98. The second-order valence-electron chi connectivity index (χ2n) is 6.07. The van der Waals surface area contributed by atoms with Gasteiger partial charge in [-0.1, -0.05) is 30.3 Å². The monoisotopic (exact) mass is 325 g/mol. The molecule has 0 spiro atoms. The zero-order valence-electron chi connectivity index (χ0n) is 13.3. The first-order chi connectivity index (χ1) is 12.2. The molecule has 0 aliphatic carbocycles. The van der Waals surface area contributed by atoms with Gasteiger partial charge in [0.05, 0.1) is 22.1 Å². The third-order valence-corrected chi connectivity index (χ3v) is 4.58. The minimum absolute atomic E-state index is 0.603. The fourth-order valence-corrected chi connectivity index (χ4v) is 3.46. The van der Waals surface area contributed by atoms with Gasteiger partial charge in [-0.3, -0.25) is 4.98 Å². The van der Waals surface area contributed by atoms with Crippen LogP contribution in [0.15, 0.2) is 60.8 Å². The number of benzene rings is 3. The van der Waals surface area contributed by atoms with E-state index in [0.717, 1.165) is 38.3 Å². The number of hydrogen-bond acceptors (Lipinski definition) is 4. The van der Waals surface area contributed by atoms with E-state index < -0.39 is 0 Å². The van der Waals surface area contributed by atoms with E-state index in [4.69, 9.17) is 16.5 Å². The SMILES string of the molecule is Nc1cccc(N)c1-c1nc2c3ccccc3c3ncccc3c2[nH]1. The molecule has 3 aromatic carbocycles. The van der Waals surface area contributed by atoms with E-state index in [1.54, 1.807) is 0 Å². The van der Waals surface area contributed by atoms with Crippen molar-refractivity contribution in [2.75, 3.05) is 11.5 Å². The lowest BCUT2D eigenvalue weighted by Crippen LogP contribution is -1.96. The third kappa shape index (κ3) is 1.89. The van der Waals surface area contributed by atoms with E-state index in [0.29, 0.717) is 17.2 Å². The Hall–Kier alpha value is -3.60. The number of nitrogens with two attached hydrogens (primary N) is 2. The van der Waals surface area contributed by atoms with Gasteiger partial charge >= 0.3 is 0 Å². The van der Waals surface area contributed by atoms with Crippen LogP contribution in [-0.4, -0.2) is 15.0 Å². The Morgan fingerprint density at radius 1 is 0.720 bits per heavy atom. The molecule has 0 bridgehead atoms. The van der Waals surface area contributed by atoms with Crippen molar-refractivity contribution in [2.45, 2.75) is 0 Å². The van der Waals surface area contributed by atoms with Gasteiger partial charge in [-0.25, -0.2) is 4.98 Å². The molecule has 0 fully saturated rings. The molecule has 0 radical (unpaired) electrons. The van der Waals surface area contributed by atoms with Gasteiger partial charge in [-0.05, 0) is 24.3 Å². The first kappa shape index (κ1) is 13.8. The van der Waals surface area contributed by atoms with Crippen LogP contribution in [0.4, 0.5) is 11.4 Å². The number of nitrogen functional groups attached to an aromatic ring is 2. The first-order valence-corrected chi connectivity index (χ1v) is 8.03. The fourth-order valence-electron chi connectivity index (χ4n) is 3.46. The lowest BCUT2D eigenvalue weighted by Gasteiger charge is -2.05. The maximum atomic E-state index is 6.15. The van der Waals surface area contributed by atoms with Crippen molar-refractivity contribution in [1.82, 2.24) is 15.0 Å². The third-order valence-electron chi connectivity index (χ3n) is 4.58. The topological polar surface area (TPSA) is 93.6 Å². The Kier molecular flexibility index (Phi) is 2.73. The zero-order chi connectivity index (χ0) is 17.0. The molecule has 0 aliphatic rings. The number of nitrogens with one attached hydrogen (secondary N) is 1. The largest absolute Gasteiger partial charge is 0.398 e. The number of imidazole rings is 1. The molecule has 0 atom stereocenters. The molecule has 5 heteroatoms. The second-order valence-corrected chi connectivity index (χ2v) is 6.07. The van der Waals surface area contributed by atoms with Gasteiger partial charge in [0.25, 0.3) is 0 Å². The summed E-state index contributed by atoms with van der Waals surface area (Å²) in [6, 6.07) is 17.6. The van der Waals surface area contributed by atoms with Crippen LogP contribution in [-0.2, 0) is 0 Å². The molecular weight excluding hydrogens is 310 g/mol. The quantitative estimate of drug-likeness (QED) is 0.319. The molecule has 120 valence electrons. The van der Waals surface area contributed by atoms with Crippen LogP contribution in [0.25, 0.3) is 44.1 Å². The van der Waals surface area contributed by atoms with Gasteiger partial charge in [-0.2, -0.15) is 0 Å². The average molecular weight is 325 g/mol. The van der Waals surface area contributed by atoms with Crippen LogP contribution in [0.2, 0.25) is 0 Å². The summed E-state index contributed by atoms with van der Waals surface area (Å²) in [6.45, 7) is 0. The van der Waals surface area contributed by atoms with Crippen LogP contribution < -0.4 is 11.5 Å². The molecule has 25 heavy (non-hydrogen) atoms. The van der Waals surface area contributed by atoms with Gasteiger partial charge < -0.3 is 16.5 Å². The van der Waals surface area contributed by atoms with Gasteiger partial charge in [0.1, 0.15) is 5.82 Å². The molecule has 0 unspecified atom stereocenters. The minimum Gasteiger partial charge on any atom is -0.398 e. The number of anilines is 2. The van der Waals surface area contributed by atoms with Crippen LogP contribution >= 0.6 is 0 Å². The van der Waals surface area contributed by atoms with Crippen LogP contribution in [0.1, 0.15) is 0 Å². The van der Waals surface area contributed by atoms with Crippen molar-refractivity contribution < 1.29 is 0 Å². The van der Waals surface area contributed by atoms with Gasteiger partial charge in [0, 0.05) is 33.7 Å². The van der Waals surface area contributed by atoms with Crippen LogP contribution in [0, 0.1) is 0 Å². The van der Waals surface area contributed by atoms with E-state index in [-0.39, 0.29) is 0 Å². The average Bonchev–Trinajstić information content (AvgIpc) is 3.07. The smallest absolute Gasteiger partial charge is 0.142 e. The Morgan fingerprint density at radius 2 is 1.40 bits per heavy atom. The fraction of sp³-hybridized carbons (Fsp3) is 0. The van der Waals surface area contributed by atoms with E-state index in [1.807, 2.05) is 42.6 Å². The second kappa shape index (κ2) is 4.95. The van der Waals surface area contributed by atoms with E-state index in [1.165, 1.54) is 0 Å². The molecule has 5 aromatic rings. The molecule has 5 N–H and O–H groups in total. The van der Waals surface area contributed by atoms with Gasteiger partial charge in [0.15, 0.2) is 0 Å². The van der Waals surface area contributed by atoms with Crippen molar-refractivity contribution in [2.24, 2.45) is 0 Å². The predicted octanol–water partition coefficient (Wildman–Crippen LogP) is 4.10. The van der Waals surface area contributed by atoms with E-state index in [9.17, 15) is 0 Å². The summed E-state index contributed by atoms with van der Waals surface area (Å²) >= 11 is 0. The summed E-state index contributed by atoms with van der Waals surface area (Å²) in [5.41, 5.74) is 17.0. The van der Waals surface area contributed by atoms with Crippen molar-refractivity contribution in [3.63, 3.8) is 0 Å².